The zero-order chi connectivity index (χ0) is 14.7. The first-order chi connectivity index (χ1) is 10.3. The maximum absolute atomic E-state index is 12.6. The Balaban J connectivity index is 1.67. The molecule has 0 radical (unpaired) electrons. The van der Waals surface area contributed by atoms with E-state index in [1.807, 2.05) is 35.2 Å². The summed E-state index contributed by atoms with van der Waals surface area (Å²) >= 11 is 1.66. The normalized spacial score (nSPS) is 25.8. The number of hydrogen-bond donors (Lipinski definition) is 1. The van der Waals surface area contributed by atoms with Gasteiger partial charge in [0.2, 0.25) is 5.91 Å². The number of piperidine rings is 1. The molecule has 112 valence electrons. The van der Waals surface area contributed by atoms with E-state index in [1.165, 1.54) is 0 Å². The van der Waals surface area contributed by atoms with Crippen LogP contribution >= 0.6 is 11.8 Å². The van der Waals surface area contributed by atoms with Gasteiger partial charge in [-0.05, 0) is 18.8 Å². The number of benzene rings is 1. The quantitative estimate of drug-likeness (QED) is 0.926. The molecule has 5 heteroatoms. The number of thioether (sulfide) groups is 1. The van der Waals surface area contributed by atoms with Gasteiger partial charge in [0, 0.05) is 31.0 Å². The van der Waals surface area contributed by atoms with Crippen LogP contribution in [-0.4, -0.2) is 52.4 Å². The van der Waals surface area contributed by atoms with Crippen molar-refractivity contribution < 1.29 is 9.90 Å². The number of rotatable bonds is 3. The molecule has 3 rings (SSSR count). The van der Waals surface area contributed by atoms with Crippen LogP contribution in [0.5, 0.6) is 0 Å². The third-order valence-corrected chi connectivity index (χ3v) is 5.14. The average Bonchev–Trinajstić information content (AvgIpc) is 3.05. The molecule has 2 atom stereocenters. The average molecular weight is 304 g/mol. The lowest BCUT2D eigenvalue weighted by molar-refractivity contribution is -0.134. The number of amides is 1. The lowest BCUT2D eigenvalue weighted by Gasteiger charge is -2.32. The van der Waals surface area contributed by atoms with Crippen molar-refractivity contribution in [2.24, 2.45) is 10.9 Å². The molecule has 1 aromatic carbocycles. The van der Waals surface area contributed by atoms with Crippen molar-refractivity contribution in [2.75, 3.05) is 25.4 Å². The third kappa shape index (κ3) is 3.30. The van der Waals surface area contributed by atoms with Gasteiger partial charge in [-0.3, -0.25) is 9.79 Å². The van der Waals surface area contributed by atoms with Crippen LogP contribution in [0.4, 0.5) is 0 Å². The summed E-state index contributed by atoms with van der Waals surface area (Å²) in [6.07, 6.45) is 1.99. The summed E-state index contributed by atoms with van der Waals surface area (Å²) in [5.74, 6) is 1.07. The van der Waals surface area contributed by atoms with E-state index in [1.54, 1.807) is 11.8 Å². The number of aliphatic imine (C=N–C) groups is 1. The number of carbonyl (C=O) groups excluding carboxylic acids is 1. The minimum Gasteiger partial charge on any atom is -0.396 e. The van der Waals surface area contributed by atoms with Crippen molar-refractivity contribution in [1.82, 2.24) is 4.90 Å². The molecule has 1 amide bonds. The maximum Gasteiger partial charge on any atom is 0.248 e. The van der Waals surface area contributed by atoms with Gasteiger partial charge in [0.1, 0.15) is 6.04 Å². The molecule has 0 aliphatic carbocycles. The van der Waals surface area contributed by atoms with Gasteiger partial charge in [-0.25, -0.2) is 0 Å². The fourth-order valence-electron chi connectivity index (χ4n) is 2.86. The van der Waals surface area contributed by atoms with E-state index in [4.69, 9.17) is 0 Å². The Morgan fingerprint density at radius 3 is 2.95 bits per heavy atom. The molecule has 0 aromatic heterocycles. The Morgan fingerprint density at radius 1 is 1.38 bits per heavy atom. The standard InChI is InChI=1S/C16H20N2O2S/c19-10-12-5-4-8-18(9-12)16(20)14-11-21-15(17-14)13-6-2-1-3-7-13/h1-3,6-7,12,14,19H,4-5,8-11H2. The molecule has 0 spiro atoms. The monoisotopic (exact) mass is 304 g/mol. The smallest absolute Gasteiger partial charge is 0.248 e. The van der Waals surface area contributed by atoms with Crippen LogP contribution in [-0.2, 0) is 4.79 Å². The van der Waals surface area contributed by atoms with Crippen molar-refractivity contribution in [3.63, 3.8) is 0 Å². The van der Waals surface area contributed by atoms with E-state index in [0.717, 1.165) is 35.7 Å². The molecule has 0 saturated carbocycles. The molecular formula is C16H20N2O2S. The summed E-state index contributed by atoms with van der Waals surface area (Å²) in [4.78, 5) is 19.1. The Kier molecular flexibility index (Phi) is 4.60. The minimum absolute atomic E-state index is 0.117. The second-order valence-corrected chi connectivity index (χ2v) is 6.61. The van der Waals surface area contributed by atoms with Gasteiger partial charge in [-0.1, -0.05) is 30.3 Å². The number of aliphatic hydroxyl groups is 1. The van der Waals surface area contributed by atoms with E-state index in [0.29, 0.717) is 6.54 Å². The molecule has 1 N–H and O–H groups in total. The molecular weight excluding hydrogens is 284 g/mol. The summed E-state index contributed by atoms with van der Waals surface area (Å²) in [6.45, 7) is 1.64. The second-order valence-electron chi connectivity index (χ2n) is 5.60. The fraction of sp³-hybridized carbons (Fsp3) is 0.500. The van der Waals surface area contributed by atoms with Gasteiger partial charge in [0.15, 0.2) is 0 Å². The number of hydrogen-bond acceptors (Lipinski definition) is 4. The van der Waals surface area contributed by atoms with Crippen molar-refractivity contribution in [2.45, 2.75) is 18.9 Å². The SMILES string of the molecule is O=C(C1CSC(c2ccccc2)=N1)N1CCCC(CO)C1. The zero-order valence-electron chi connectivity index (χ0n) is 11.9. The fourth-order valence-corrected chi connectivity index (χ4v) is 3.90. The van der Waals surface area contributed by atoms with Gasteiger partial charge >= 0.3 is 0 Å². The van der Waals surface area contributed by atoms with Gasteiger partial charge in [0.25, 0.3) is 0 Å². The minimum atomic E-state index is -0.261. The predicted octanol–water partition coefficient (Wildman–Crippen LogP) is 1.78. The Hall–Kier alpha value is -1.33. The van der Waals surface area contributed by atoms with Crippen molar-refractivity contribution >= 4 is 22.7 Å². The zero-order valence-corrected chi connectivity index (χ0v) is 12.8. The van der Waals surface area contributed by atoms with Gasteiger partial charge in [0.05, 0.1) is 5.04 Å². The topological polar surface area (TPSA) is 52.9 Å². The number of nitrogens with zero attached hydrogens (tertiary/aromatic N) is 2. The highest BCUT2D eigenvalue weighted by atomic mass is 32.2. The van der Waals surface area contributed by atoms with Crippen LogP contribution in [0.25, 0.3) is 0 Å². The van der Waals surface area contributed by atoms with Crippen LogP contribution < -0.4 is 0 Å². The molecule has 2 aliphatic heterocycles. The third-order valence-electron chi connectivity index (χ3n) is 4.05. The summed E-state index contributed by atoms with van der Waals surface area (Å²) < 4.78 is 0. The molecule has 2 aliphatic rings. The number of aliphatic hydroxyl groups excluding tert-OH is 1. The summed E-state index contributed by atoms with van der Waals surface area (Å²) in [6, 6.07) is 9.76. The first-order valence-electron chi connectivity index (χ1n) is 7.43. The molecule has 2 heterocycles. The van der Waals surface area contributed by atoms with Crippen LogP contribution in [0.2, 0.25) is 0 Å². The molecule has 1 fully saturated rings. The second kappa shape index (κ2) is 6.62. The molecule has 4 nitrogen and oxygen atoms in total. The molecule has 0 bridgehead atoms. The summed E-state index contributed by atoms with van der Waals surface area (Å²) in [7, 11) is 0. The largest absolute Gasteiger partial charge is 0.396 e. The molecule has 21 heavy (non-hydrogen) atoms. The van der Waals surface area contributed by atoms with Crippen molar-refractivity contribution in [3.05, 3.63) is 35.9 Å². The van der Waals surface area contributed by atoms with Gasteiger partial charge in [-0.15, -0.1) is 11.8 Å². The van der Waals surface area contributed by atoms with E-state index in [-0.39, 0.29) is 24.5 Å². The van der Waals surface area contributed by atoms with Gasteiger partial charge < -0.3 is 10.0 Å². The summed E-state index contributed by atoms with van der Waals surface area (Å²) in [5.41, 5.74) is 1.09. The Bertz CT molecular complexity index is 532. The van der Waals surface area contributed by atoms with Crippen LogP contribution in [0, 0.1) is 5.92 Å². The molecule has 2 unspecified atom stereocenters. The van der Waals surface area contributed by atoms with E-state index < -0.39 is 0 Å². The Labute approximate surface area is 129 Å². The van der Waals surface area contributed by atoms with Crippen LogP contribution in [0.3, 0.4) is 0 Å². The summed E-state index contributed by atoms with van der Waals surface area (Å²) in [5, 5.41) is 10.2. The van der Waals surface area contributed by atoms with E-state index in [2.05, 4.69) is 4.99 Å². The first kappa shape index (κ1) is 14.6. The lowest BCUT2D eigenvalue weighted by Crippen LogP contribution is -2.45. The van der Waals surface area contributed by atoms with Gasteiger partial charge in [-0.2, -0.15) is 0 Å². The van der Waals surface area contributed by atoms with Crippen molar-refractivity contribution in [3.8, 4) is 0 Å². The maximum atomic E-state index is 12.6. The number of carbonyl (C=O) groups is 1. The predicted molar refractivity (Wildman–Crippen MR) is 85.6 cm³/mol. The molecule has 1 aromatic rings. The Morgan fingerprint density at radius 2 is 2.19 bits per heavy atom. The highest BCUT2D eigenvalue weighted by molar-refractivity contribution is 8.14. The van der Waals surface area contributed by atoms with E-state index in [9.17, 15) is 9.90 Å². The highest BCUT2D eigenvalue weighted by Crippen LogP contribution is 2.26. The van der Waals surface area contributed by atoms with Crippen molar-refractivity contribution in [1.29, 1.82) is 0 Å². The number of likely N-dealkylation sites (tertiary alicyclic amines) is 1. The molecule has 1 saturated heterocycles. The first-order valence-corrected chi connectivity index (χ1v) is 8.42. The lowest BCUT2D eigenvalue weighted by atomic mass is 9.98. The van der Waals surface area contributed by atoms with Crippen LogP contribution in [0.1, 0.15) is 18.4 Å². The highest BCUT2D eigenvalue weighted by Gasteiger charge is 2.31. The van der Waals surface area contributed by atoms with E-state index >= 15 is 0 Å². The van der Waals surface area contributed by atoms with Crippen LogP contribution in [0.15, 0.2) is 35.3 Å².